The van der Waals surface area contributed by atoms with Gasteiger partial charge in [-0.15, -0.1) is 0 Å². The van der Waals surface area contributed by atoms with Gasteiger partial charge in [-0.05, 0) is 131 Å². The Labute approximate surface area is 259 Å². The molecule has 8 atom stereocenters. The molecule has 0 spiro atoms. The molecule has 4 rings (SSSR count). The minimum absolute atomic E-state index is 0.338. The quantitative estimate of drug-likeness (QED) is 0.167. The molecule has 0 saturated heterocycles. The lowest BCUT2D eigenvalue weighted by molar-refractivity contribution is -0.0636. The Morgan fingerprint density at radius 3 is 2.50 bits per heavy atom. The van der Waals surface area contributed by atoms with Crippen molar-refractivity contribution in [3.05, 3.63) is 11.6 Å². The van der Waals surface area contributed by atoms with Crippen molar-refractivity contribution in [2.24, 2.45) is 46.3 Å². The van der Waals surface area contributed by atoms with Crippen LogP contribution in [0.2, 0.25) is 0 Å². The predicted molar refractivity (Wildman–Crippen MR) is 175 cm³/mol. The molecule has 3 saturated carbocycles. The Balaban J connectivity index is 1.19. The molecule has 4 aliphatic carbocycles. The Morgan fingerprint density at radius 2 is 1.76 bits per heavy atom. The third kappa shape index (κ3) is 8.14. The summed E-state index contributed by atoms with van der Waals surface area (Å²) in [5.74, 6) is 5.37. The van der Waals surface area contributed by atoms with Crippen molar-refractivity contribution >= 4 is 6.09 Å². The summed E-state index contributed by atoms with van der Waals surface area (Å²) in [6.07, 6.45) is 18.7. The van der Waals surface area contributed by atoms with E-state index in [0.717, 1.165) is 68.0 Å². The smallest absolute Gasteiger partial charge is 0.407 e. The second-order valence-electron chi connectivity index (χ2n) is 16.6. The Kier molecular flexibility index (Phi) is 11.6. The minimum Gasteiger partial charge on any atom is -0.444 e. The van der Waals surface area contributed by atoms with Crippen molar-refractivity contribution in [3.63, 3.8) is 0 Å². The van der Waals surface area contributed by atoms with Crippen LogP contribution in [0.5, 0.6) is 0 Å². The van der Waals surface area contributed by atoms with Gasteiger partial charge in [0.2, 0.25) is 0 Å². The van der Waals surface area contributed by atoms with Crippen molar-refractivity contribution in [2.75, 3.05) is 26.2 Å². The molecule has 0 radical (unpaired) electrons. The van der Waals surface area contributed by atoms with E-state index < -0.39 is 5.60 Å². The highest BCUT2D eigenvalue weighted by molar-refractivity contribution is 5.67. The average molecular weight is 587 g/mol. The molecule has 4 aliphatic rings. The van der Waals surface area contributed by atoms with Crippen LogP contribution in [0, 0.1) is 46.3 Å². The Morgan fingerprint density at radius 1 is 0.976 bits per heavy atom. The lowest BCUT2D eigenvalue weighted by atomic mass is 9.47. The number of fused-ring (bicyclic) bond motifs is 5. The average Bonchev–Trinajstić information content (AvgIpc) is 3.26. The predicted octanol–water partition coefficient (Wildman–Crippen LogP) is 8.92. The van der Waals surface area contributed by atoms with Gasteiger partial charge in [0.15, 0.2) is 0 Å². The summed E-state index contributed by atoms with van der Waals surface area (Å²) in [5.41, 5.74) is 2.24. The molecule has 5 heteroatoms. The normalized spacial score (nSPS) is 35.2. The van der Waals surface area contributed by atoms with Crippen LogP contribution in [0.15, 0.2) is 11.6 Å². The lowest BCUT2D eigenvalue weighted by Crippen LogP contribution is -2.51. The molecule has 5 nitrogen and oxygen atoms in total. The molecule has 0 aliphatic heterocycles. The van der Waals surface area contributed by atoms with Gasteiger partial charge in [0.05, 0.1) is 12.7 Å². The molecule has 2 N–H and O–H groups in total. The molecule has 1 amide bonds. The summed E-state index contributed by atoms with van der Waals surface area (Å²) < 4.78 is 11.7. The highest BCUT2D eigenvalue weighted by Crippen LogP contribution is 2.67. The van der Waals surface area contributed by atoms with E-state index in [1.807, 2.05) is 20.8 Å². The summed E-state index contributed by atoms with van der Waals surface area (Å²) in [4.78, 5) is 11.7. The fraction of sp³-hybridized carbons (Fsp3) is 0.919. The fourth-order valence-corrected chi connectivity index (χ4v) is 9.94. The summed E-state index contributed by atoms with van der Waals surface area (Å²) >= 11 is 0. The van der Waals surface area contributed by atoms with E-state index in [1.54, 1.807) is 5.57 Å². The molecule has 242 valence electrons. The number of hydrogen-bond acceptors (Lipinski definition) is 4. The van der Waals surface area contributed by atoms with Crippen LogP contribution in [-0.4, -0.2) is 44.0 Å². The SMILES string of the molecule is CC(C)CCC[C@@H](C)[C@H]1CC[C@H]2[C@@H]3CC=C4CC(OCCNCCCNC(=O)OC(C)(C)C)CC[C@]4(C)[C@H]3CC[C@]12C. The summed E-state index contributed by atoms with van der Waals surface area (Å²) in [6, 6.07) is 0. The molecule has 0 aromatic rings. The molecule has 1 unspecified atom stereocenters. The number of allylic oxidation sites excluding steroid dienone is 1. The summed E-state index contributed by atoms with van der Waals surface area (Å²) in [7, 11) is 0. The van der Waals surface area contributed by atoms with Gasteiger partial charge < -0.3 is 20.1 Å². The van der Waals surface area contributed by atoms with Gasteiger partial charge in [0.25, 0.3) is 0 Å². The number of carbonyl (C=O) groups is 1. The first-order valence-corrected chi connectivity index (χ1v) is 17.8. The highest BCUT2D eigenvalue weighted by Gasteiger charge is 2.59. The van der Waals surface area contributed by atoms with Crippen molar-refractivity contribution in [2.45, 2.75) is 144 Å². The first-order valence-electron chi connectivity index (χ1n) is 17.8. The van der Waals surface area contributed by atoms with Crippen molar-refractivity contribution in [1.29, 1.82) is 0 Å². The van der Waals surface area contributed by atoms with Gasteiger partial charge >= 0.3 is 6.09 Å². The zero-order valence-corrected chi connectivity index (χ0v) is 28.7. The van der Waals surface area contributed by atoms with Crippen LogP contribution >= 0.6 is 0 Å². The number of carbonyl (C=O) groups excluding carboxylic acids is 1. The molecular weight excluding hydrogens is 520 g/mol. The van der Waals surface area contributed by atoms with Gasteiger partial charge in [-0.1, -0.05) is 65.5 Å². The first-order chi connectivity index (χ1) is 19.8. The molecule has 0 aromatic carbocycles. The maximum atomic E-state index is 11.7. The van der Waals surface area contributed by atoms with Crippen LogP contribution in [0.25, 0.3) is 0 Å². The molecule has 42 heavy (non-hydrogen) atoms. The third-order valence-electron chi connectivity index (χ3n) is 12.1. The molecule has 0 bridgehead atoms. The Hall–Kier alpha value is -1.07. The monoisotopic (exact) mass is 587 g/mol. The number of hydrogen-bond donors (Lipinski definition) is 2. The van der Waals surface area contributed by atoms with Crippen LogP contribution in [0.3, 0.4) is 0 Å². The minimum atomic E-state index is -0.450. The number of rotatable bonds is 13. The zero-order valence-electron chi connectivity index (χ0n) is 28.7. The number of amides is 1. The van der Waals surface area contributed by atoms with Gasteiger partial charge in [0.1, 0.15) is 5.60 Å². The first kappa shape index (κ1) is 33.8. The standard InChI is InChI=1S/C37H66N2O3/c1-26(2)11-9-12-27(3)31-15-16-32-30-14-13-28-25-29(17-19-36(28,7)33(30)18-20-37(31,32)8)41-24-23-38-21-10-22-39-34(40)42-35(4,5)6/h13,26-27,29-33,38H,9-12,14-25H2,1-8H3,(H,39,40)/t27-,29?,30+,31-,32+,33+,36+,37-/m1/s1. The van der Waals surface area contributed by atoms with Crippen LogP contribution in [0.1, 0.15) is 132 Å². The van der Waals surface area contributed by atoms with Crippen LogP contribution < -0.4 is 10.6 Å². The zero-order chi connectivity index (χ0) is 30.5. The van der Waals surface area contributed by atoms with Crippen LogP contribution in [0.4, 0.5) is 4.79 Å². The van der Waals surface area contributed by atoms with E-state index in [-0.39, 0.29) is 6.09 Å². The lowest BCUT2D eigenvalue weighted by Gasteiger charge is -2.58. The van der Waals surface area contributed by atoms with Gasteiger partial charge in [-0.2, -0.15) is 0 Å². The van der Waals surface area contributed by atoms with Gasteiger partial charge in [-0.3, -0.25) is 0 Å². The molecular formula is C37H66N2O3. The second-order valence-corrected chi connectivity index (χ2v) is 16.6. The number of ether oxygens (including phenoxy) is 2. The summed E-state index contributed by atoms with van der Waals surface area (Å²) in [5, 5.41) is 6.29. The van der Waals surface area contributed by atoms with E-state index in [0.29, 0.717) is 23.5 Å². The van der Waals surface area contributed by atoms with E-state index >= 15 is 0 Å². The van der Waals surface area contributed by atoms with E-state index in [9.17, 15) is 4.79 Å². The maximum absolute atomic E-state index is 11.7. The van der Waals surface area contributed by atoms with Crippen molar-refractivity contribution < 1.29 is 14.3 Å². The van der Waals surface area contributed by atoms with Crippen LogP contribution in [-0.2, 0) is 9.47 Å². The number of nitrogens with one attached hydrogen (secondary N) is 2. The van der Waals surface area contributed by atoms with Crippen molar-refractivity contribution in [3.8, 4) is 0 Å². The Bertz CT molecular complexity index is 909. The third-order valence-corrected chi connectivity index (χ3v) is 12.1. The fourth-order valence-electron chi connectivity index (χ4n) is 9.94. The molecule has 0 heterocycles. The number of alkyl carbamates (subject to hydrolysis) is 1. The van der Waals surface area contributed by atoms with E-state index in [2.05, 4.69) is 51.3 Å². The molecule has 0 aromatic heterocycles. The highest BCUT2D eigenvalue weighted by atomic mass is 16.6. The van der Waals surface area contributed by atoms with E-state index in [1.165, 1.54) is 64.2 Å². The largest absolute Gasteiger partial charge is 0.444 e. The van der Waals surface area contributed by atoms with Gasteiger partial charge in [-0.25, -0.2) is 4.79 Å². The second kappa shape index (κ2) is 14.4. The topological polar surface area (TPSA) is 59.6 Å². The molecule has 3 fully saturated rings. The maximum Gasteiger partial charge on any atom is 0.407 e. The summed E-state index contributed by atoms with van der Waals surface area (Å²) in [6.45, 7) is 21.4. The van der Waals surface area contributed by atoms with Crippen molar-refractivity contribution in [1.82, 2.24) is 10.6 Å². The van der Waals surface area contributed by atoms with E-state index in [4.69, 9.17) is 9.47 Å². The van der Waals surface area contributed by atoms with Gasteiger partial charge in [0, 0.05) is 13.1 Å².